The minimum Gasteiger partial charge on any atom is -0.384 e. The quantitative estimate of drug-likeness (QED) is 0.104. The molecule has 2 aromatic carbocycles. The van der Waals surface area contributed by atoms with E-state index in [0.29, 0.717) is 5.56 Å². The number of nitrogens with one attached hydrogen (secondary N) is 5. The van der Waals surface area contributed by atoms with Gasteiger partial charge < -0.3 is 27.1 Å². The summed E-state index contributed by atoms with van der Waals surface area (Å²) in [5.74, 6) is -1.93. The molecule has 0 aliphatic heterocycles. The summed E-state index contributed by atoms with van der Waals surface area (Å²) in [7, 11) is -3.64. The number of H-pyrrole nitrogens is 1. The molecule has 0 fully saturated rings. The SMILES string of the molecule is CCS(=O)(=O)NC(CC(=O)NC(CCC(N)=O)C(=O)NCc1ccc(C(=N)N)cc1)Cc1c[nH]c2ccccc12. The van der Waals surface area contributed by atoms with Crippen molar-refractivity contribution in [1.82, 2.24) is 20.3 Å². The first-order valence-electron chi connectivity index (χ1n) is 12.8. The maximum Gasteiger partial charge on any atom is 0.242 e. The third-order valence-corrected chi connectivity index (χ3v) is 7.81. The molecule has 0 bridgehead atoms. The highest BCUT2D eigenvalue weighted by molar-refractivity contribution is 7.89. The van der Waals surface area contributed by atoms with E-state index >= 15 is 0 Å². The lowest BCUT2D eigenvalue weighted by molar-refractivity contribution is -0.130. The summed E-state index contributed by atoms with van der Waals surface area (Å²) in [6, 6.07) is 12.5. The van der Waals surface area contributed by atoms with Crippen LogP contribution in [0.25, 0.3) is 10.9 Å². The van der Waals surface area contributed by atoms with Crippen LogP contribution in [0.15, 0.2) is 54.7 Å². The Morgan fingerprint density at radius 3 is 2.40 bits per heavy atom. The molecule has 1 aromatic heterocycles. The van der Waals surface area contributed by atoms with E-state index in [1.54, 1.807) is 30.5 Å². The average molecular weight is 570 g/mol. The largest absolute Gasteiger partial charge is 0.384 e. The van der Waals surface area contributed by atoms with Crippen molar-refractivity contribution in [3.8, 4) is 0 Å². The summed E-state index contributed by atoms with van der Waals surface area (Å²) in [4.78, 5) is 40.6. The first-order valence-corrected chi connectivity index (χ1v) is 14.5. The lowest BCUT2D eigenvalue weighted by Crippen LogP contribution is -2.49. The number of para-hydroxylation sites is 1. The Balaban J connectivity index is 1.70. The van der Waals surface area contributed by atoms with Gasteiger partial charge in [-0.2, -0.15) is 0 Å². The van der Waals surface area contributed by atoms with Gasteiger partial charge in [-0.25, -0.2) is 13.1 Å². The number of benzene rings is 2. The van der Waals surface area contributed by atoms with Gasteiger partial charge in [-0.1, -0.05) is 42.5 Å². The zero-order valence-corrected chi connectivity index (χ0v) is 23.0. The Morgan fingerprint density at radius 1 is 1.05 bits per heavy atom. The van der Waals surface area contributed by atoms with Crippen molar-refractivity contribution >= 4 is 44.5 Å². The molecule has 0 spiro atoms. The molecular formula is C27H35N7O5S. The zero-order valence-electron chi connectivity index (χ0n) is 22.2. The summed E-state index contributed by atoms with van der Waals surface area (Å²) in [6.07, 6.45) is 1.63. The van der Waals surface area contributed by atoms with E-state index in [9.17, 15) is 22.8 Å². The molecule has 0 saturated heterocycles. The summed E-state index contributed by atoms with van der Waals surface area (Å²) < 4.78 is 27.4. The standard InChI is InChI=1S/C27H35N7O5S/c1-2-40(38,39)34-20(13-19-16-31-22-6-4-3-5-21(19)22)14-25(36)33-23(11-12-24(28)35)27(37)32-15-17-7-9-18(10-8-17)26(29)30/h3-10,16,20,23,31,34H,2,11-15H2,1H3,(H2,28,35)(H3,29,30)(H,32,37)(H,33,36). The number of fused-ring (bicyclic) bond motifs is 1. The topological polar surface area (TPSA) is 213 Å². The molecule has 40 heavy (non-hydrogen) atoms. The van der Waals surface area contributed by atoms with Crippen LogP contribution in [-0.2, 0) is 37.4 Å². The highest BCUT2D eigenvalue weighted by Gasteiger charge is 2.25. The van der Waals surface area contributed by atoms with E-state index in [-0.39, 0.29) is 43.8 Å². The molecule has 3 amide bonds. The number of rotatable bonds is 15. The number of hydrogen-bond donors (Lipinski definition) is 7. The Morgan fingerprint density at radius 2 is 1.75 bits per heavy atom. The van der Waals surface area contributed by atoms with Crippen molar-refractivity contribution < 1.29 is 22.8 Å². The summed E-state index contributed by atoms with van der Waals surface area (Å²) >= 11 is 0. The van der Waals surface area contributed by atoms with Gasteiger partial charge in [0, 0.05) is 48.1 Å². The second-order valence-corrected chi connectivity index (χ2v) is 11.5. The van der Waals surface area contributed by atoms with Crippen molar-refractivity contribution in [1.29, 1.82) is 5.41 Å². The molecule has 3 aromatic rings. The number of amides is 3. The number of carbonyl (C=O) groups excluding carboxylic acids is 3. The molecular weight excluding hydrogens is 534 g/mol. The third kappa shape index (κ3) is 8.92. The second-order valence-electron chi connectivity index (χ2n) is 9.44. The molecule has 2 unspecified atom stereocenters. The fourth-order valence-corrected chi connectivity index (χ4v) is 5.05. The monoisotopic (exact) mass is 569 g/mol. The number of amidine groups is 1. The number of aromatic amines is 1. The van der Waals surface area contributed by atoms with Crippen molar-refractivity contribution in [3.05, 3.63) is 71.4 Å². The van der Waals surface area contributed by atoms with Gasteiger partial charge in [-0.05, 0) is 37.0 Å². The van der Waals surface area contributed by atoms with Crippen LogP contribution in [0, 0.1) is 5.41 Å². The van der Waals surface area contributed by atoms with Crippen LogP contribution < -0.4 is 26.8 Å². The zero-order chi connectivity index (χ0) is 29.3. The highest BCUT2D eigenvalue weighted by Crippen LogP contribution is 2.20. The molecule has 13 heteroatoms. The maximum atomic E-state index is 13.1. The predicted octanol–water partition coefficient (Wildman–Crippen LogP) is 0.759. The number of sulfonamides is 1. The van der Waals surface area contributed by atoms with E-state index in [4.69, 9.17) is 16.9 Å². The molecule has 0 saturated carbocycles. The molecule has 0 radical (unpaired) electrons. The van der Waals surface area contributed by atoms with E-state index in [1.807, 2.05) is 24.3 Å². The number of hydrogen-bond acceptors (Lipinski definition) is 6. The van der Waals surface area contributed by atoms with Crippen molar-refractivity contribution in [2.45, 2.75) is 51.2 Å². The van der Waals surface area contributed by atoms with Crippen LogP contribution in [0.2, 0.25) is 0 Å². The fourth-order valence-electron chi connectivity index (χ4n) is 4.21. The van der Waals surface area contributed by atoms with E-state index < -0.39 is 39.8 Å². The summed E-state index contributed by atoms with van der Waals surface area (Å²) in [5.41, 5.74) is 13.7. The van der Waals surface area contributed by atoms with Gasteiger partial charge in [0.25, 0.3) is 0 Å². The second kappa shape index (κ2) is 13.7. The lowest BCUT2D eigenvalue weighted by atomic mass is 10.0. The van der Waals surface area contributed by atoms with E-state index in [2.05, 4.69) is 20.3 Å². The minimum absolute atomic E-state index is 0.0238. The molecule has 12 nitrogen and oxygen atoms in total. The average Bonchev–Trinajstić information content (AvgIpc) is 3.32. The molecule has 214 valence electrons. The van der Waals surface area contributed by atoms with E-state index in [1.165, 1.54) is 6.92 Å². The Bertz CT molecular complexity index is 1470. The highest BCUT2D eigenvalue weighted by atomic mass is 32.2. The lowest BCUT2D eigenvalue weighted by Gasteiger charge is -2.21. The molecule has 3 rings (SSSR count). The van der Waals surface area contributed by atoms with Crippen LogP contribution in [0.5, 0.6) is 0 Å². The number of nitrogens with two attached hydrogens (primary N) is 2. The smallest absolute Gasteiger partial charge is 0.242 e. The number of carbonyl (C=O) groups is 3. The maximum absolute atomic E-state index is 13.1. The molecule has 1 heterocycles. The first-order chi connectivity index (χ1) is 19.0. The van der Waals surface area contributed by atoms with Gasteiger partial charge in [0.1, 0.15) is 11.9 Å². The normalized spacial score (nSPS) is 12.9. The number of aromatic nitrogens is 1. The van der Waals surface area contributed by atoms with Crippen LogP contribution >= 0.6 is 0 Å². The van der Waals surface area contributed by atoms with Gasteiger partial charge in [0.05, 0.1) is 5.75 Å². The van der Waals surface area contributed by atoms with Crippen molar-refractivity contribution in [3.63, 3.8) is 0 Å². The van der Waals surface area contributed by atoms with E-state index in [0.717, 1.165) is 22.0 Å². The number of primary amides is 1. The Hall–Kier alpha value is -4.23. The molecule has 9 N–H and O–H groups in total. The van der Waals surface area contributed by atoms with Crippen LogP contribution in [0.1, 0.15) is 42.9 Å². The summed E-state index contributed by atoms with van der Waals surface area (Å²) in [5, 5.41) is 13.7. The fraction of sp³-hybridized carbons (Fsp3) is 0.333. The van der Waals surface area contributed by atoms with Crippen molar-refractivity contribution in [2.75, 3.05) is 5.75 Å². The summed E-state index contributed by atoms with van der Waals surface area (Å²) in [6.45, 7) is 1.64. The molecule has 2 atom stereocenters. The van der Waals surface area contributed by atoms with Gasteiger partial charge in [-0.15, -0.1) is 0 Å². The Kier molecular flexibility index (Phi) is 10.4. The van der Waals surface area contributed by atoms with Gasteiger partial charge >= 0.3 is 0 Å². The number of nitrogen functional groups attached to an aromatic ring is 1. The third-order valence-electron chi connectivity index (χ3n) is 6.36. The Labute approximate surface area is 232 Å². The van der Waals surface area contributed by atoms with Crippen LogP contribution in [-0.4, -0.2) is 54.8 Å². The van der Waals surface area contributed by atoms with Crippen molar-refractivity contribution in [2.24, 2.45) is 11.5 Å². The van der Waals surface area contributed by atoms with Crippen LogP contribution in [0.3, 0.4) is 0 Å². The van der Waals surface area contributed by atoms with Gasteiger partial charge in [-0.3, -0.25) is 19.8 Å². The molecule has 0 aliphatic carbocycles. The first kappa shape index (κ1) is 30.3. The predicted molar refractivity (Wildman–Crippen MR) is 153 cm³/mol. The van der Waals surface area contributed by atoms with Gasteiger partial charge in [0.2, 0.25) is 27.7 Å². The van der Waals surface area contributed by atoms with Crippen LogP contribution in [0.4, 0.5) is 0 Å². The minimum atomic E-state index is -3.64. The van der Waals surface area contributed by atoms with Gasteiger partial charge in [0.15, 0.2) is 0 Å². The molecule has 0 aliphatic rings.